The van der Waals surface area contributed by atoms with Crippen LogP contribution in [0.1, 0.15) is 12.0 Å². The van der Waals surface area contributed by atoms with Crippen molar-refractivity contribution >= 4 is 11.8 Å². The van der Waals surface area contributed by atoms with Gasteiger partial charge in [0.25, 0.3) is 6.43 Å². The molecule has 1 N–H and O–H groups in total. The fourth-order valence-electron chi connectivity index (χ4n) is 2.59. The van der Waals surface area contributed by atoms with Crippen LogP contribution < -0.4 is 10.1 Å². The second-order valence-corrected chi connectivity index (χ2v) is 5.76. The van der Waals surface area contributed by atoms with Crippen LogP contribution in [-0.2, 0) is 7.05 Å². The minimum absolute atomic E-state index is 0.0140. The van der Waals surface area contributed by atoms with Crippen molar-refractivity contribution in [3.8, 4) is 16.9 Å². The fraction of sp³-hybridized carbons (Fsp3) is 0.105. The van der Waals surface area contributed by atoms with Crippen LogP contribution in [-0.4, -0.2) is 10.7 Å². The molecule has 0 spiro atoms. The molecule has 1 amide bonds. The van der Waals surface area contributed by atoms with Gasteiger partial charge in [-0.05, 0) is 35.9 Å². The molecule has 1 aromatic heterocycles. The molecule has 0 radical (unpaired) electrons. The van der Waals surface area contributed by atoms with Crippen molar-refractivity contribution in [2.45, 2.75) is 6.43 Å². The van der Waals surface area contributed by atoms with Gasteiger partial charge in [0.15, 0.2) is 5.75 Å². The van der Waals surface area contributed by atoms with Gasteiger partial charge < -0.3 is 9.30 Å². The number of hydrogen-bond acceptors (Lipinski definition) is 2. The summed E-state index contributed by atoms with van der Waals surface area (Å²) in [5.41, 5.74) is 0.311. The lowest BCUT2D eigenvalue weighted by Gasteiger charge is -2.12. The summed E-state index contributed by atoms with van der Waals surface area (Å²) in [4.78, 5) is 12.1. The maximum absolute atomic E-state index is 13.6. The predicted octanol–water partition coefficient (Wildman–Crippen LogP) is 5.52. The number of aromatic nitrogens is 1. The van der Waals surface area contributed by atoms with Gasteiger partial charge in [-0.25, -0.2) is 22.4 Å². The Labute approximate surface area is 152 Å². The number of hydrogen-bond donors (Lipinski definition) is 1. The van der Waals surface area contributed by atoms with Crippen molar-refractivity contribution in [1.82, 2.24) is 4.57 Å². The van der Waals surface area contributed by atoms with E-state index < -0.39 is 29.7 Å². The molecular weight excluding hydrogens is 364 g/mol. The molecule has 0 atom stereocenters. The second kappa shape index (κ2) is 7.53. The largest absolute Gasteiger partial charge is 0.417 e. The summed E-state index contributed by atoms with van der Waals surface area (Å²) in [5.74, 6) is -1.46. The third-order valence-electron chi connectivity index (χ3n) is 3.74. The number of carbonyl (C=O) groups excluding carboxylic acids is 1. The monoisotopic (exact) mass is 378 g/mol. The van der Waals surface area contributed by atoms with E-state index in [1.165, 1.54) is 42.1 Å². The standard InChI is InChI=1S/C19H14F4N2O2/c1-25-9-15(18(22)23)17(10-25)27-19(26)24-16-8-13(21)5-6-14(16)11-3-2-4-12(20)7-11/h2-10,18H,1H3,(H,24,26). The minimum atomic E-state index is -2.83. The molecule has 140 valence electrons. The van der Waals surface area contributed by atoms with E-state index in [0.717, 1.165) is 18.3 Å². The van der Waals surface area contributed by atoms with Gasteiger partial charge in [-0.1, -0.05) is 12.1 Å². The number of amides is 1. The Morgan fingerprint density at radius 2 is 1.81 bits per heavy atom. The van der Waals surface area contributed by atoms with E-state index in [-0.39, 0.29) is 11.4 Å². The number of benzene rings is 2. The molecule has 1 heterocycles. The summed E-state index contributed by atoms with van der Waals surface area (Å²) < 4.78 is 59.3. The number of rotatable bonds is 4. The van der Waals surface area contributed by atoms with E-state index in [9.17, 15) is 22.4 Å². The summed E-state index contributed by atoms with van der Waals surface area (Å²) in [6.07, 6.45) is -1.55. The van der Waals surface area contributed by atoms with E-state index in [1.54, 1.807) is 6.07 Å². The van der Waals surface area contributed by atoms with E-state index >= 15 is 0 Å². The van der Waals surface area contributed by atoms with Crippen LogP contribution in [0, 0.1) is 11.6 Å². The molecule has 0 aliphatic heterocycles. The summed E-state index contributed by atoms with van der Waals surface area (Å²) in [6, 6.07) is 9.07. The highest BCUT2D eigenvalue weighted by Gasteiger charge is 2.20. The average Bonchev–Trinajstić information content (AvgIpc) is 2.95. The Kier molecular flexibility index (Phi) is 5.16. The molecule has 0 aliphatic rings. The topological polar surface area (TPSA) is 43.3 Å². The van der Waals surface area contributed by atoms with Crippen molar-refractivity contribution < 1.29 is 27.1 Å². The summed E-state index contributed by atoms with van der Waals surface area (Å²) in [5, 5.41) is 2.32. The Bertz CT molecular complexity index is 986. The molecule has 0 bridgehead atoms. The lowest BCUT2D eigenvalue weighted by atomic mass is 10.0. The summed E-state index contributed by atoms with van der Waals surface area (Å²) in [6.45, 7) is 0. The van der Waals surface area contributed by atoms with E-state index in [2.05, 4.69) is 5.32 Å². The third kappa shape index (κ3) is 4.28. The maximum Gasteiger partial charge on any atom is 0.417 e. The second-order valence-electron chi connectivity index (χ2n) is 5.76. The molecule has 3 rings (SSSR count). The summed E-state index contributed by atoms with van der Waals surface area (Å²) >= 11 is 0. The molecule has 27 heavy (non-hydrogen) atoms. The highest BCUT2D eigenvalue weighted by molar-refractivity contribution is 5.92. The molecule has 0 saturated heterocycles. The van der Waals surface area contributed by atoms with Crippen LogP contribution in [0.4, 0.5) is 28.0 Å². The number of carbonyl (C=O) groups is 1. The lowest BCUT2D eigenvalue weighted by Crippen LogP contribution is -2.18. The van der Waals surface area contributed by atoms with Crippen LogP contribution in [0.15, 0.2) is 54.9 Å². The van der Waals surface area contributed by atoms with E-state index in [0.29, 0.717) is 11.1 Å². The Morgan fingerprint density at radius 3 is 2.52 bits per heavy atom. The van der Waals surface area contributed by atoms with Gasteiger partial charge in [0.2, 0.25) is 0 Å². The number of alkyl halides is 2. The Hall–Kier alpha value is -3.29. The molecular formula is C19H14F4N2O2. The first-order chi connectivity index (χ1) is 12.8. The first-order valence-electron chi connectivity index (χ1n) is 7.82. The number of nitrogens with zero attached hydrogens (tertiary/aromatic N) is 1. The van der Waals surface area contributed by atoms with Gasteiger partial charge in [0, 0.05) is 25.0 Å². The van der Waals surface area contributed by atoms with Crippen molar-refractivity contribution in [2.24, 2.45) is 7.05 Å². The van der Waals surface area contributed by atoms with Crippen LogP contribution in [0.2, 0.25) is 0 Å². The lowest BCUT2D eigenvalue weighted by molar-refractivity contribution is 0.147. The van der Waals surface area contributed by atoms with Gasteiger partial charge in [-0.3, -0.25) is 5.32 Å². The van der Waals surface area contributed by atoms with Crippen molar-refractivity contribution in [1.29, 1.82) is 0 Å². The SMILES string of the molecule is Cn1cc(OC(=O)Nc2cc(F)ccc2-c2cccc(F)c2)c(C(F)F)c1. The molecule has 0 saturated carbocycles. The van der Waals surface area contributed by atoms with Gasteiger partial charge in [-0.15, -0.1) is 0 Å². The highest BCUT2D eigenvalue weighted by Crippen LogP contribution is 2.32. The number of nitrogens with one attached hydrogen (secondary N) is 1. The highest BCUT2D eigenvalue weighted by atomic mass is 19.3. The van der Waals surface area contributed by atoms with Crippen LogP contribution in [0.25, 0.3) is 11.1 Å². The smallest absolute Gasteiger partial charge is 0.408 e. The number of aryl methyl sites for hydroxylation is 1. The van der Waals surface area contributed by atoms with Crippen LogP contribution in [0.5, 0.6) is 5.75 Å². The minimum Gasteiger partial charge on any atom is -0.408 e. The van der Waals surface area contributed by atoms with Crippen molar-refractivity contribution in [3.05, 3.63) is 72.1 Å². The van der Waals surface area contributed by atoms with Gasteiger partial charge in [0.1, 0.15) is 11.6 Å². The van der Waals surface area contributed by atoms with Gasteiger partial charge in [-0.2, -0.15) is 0 Å². The first kappa shape index (κ1) is 18.5. The molecule has 8 heteroatoms. The first-order valence-corrected chi connectivity index (χ1v) is 7.82. The van der Waals surface area contributed by atoms with Gasteiger partial charge >= 0.3 is 6.09 Å². The number of halogens is 4. The molecule has 2 aromatic carbocycles. The number of anilines is 1. The van der Waals surface area contributed by atoms with Crippen LogP contribution >= 0.6 is 0 Å². The Morgan fingerprint density at radius 1 is 1.07 bits per heavy atom. The molecule has 0 unspecified atom stereocenters. The van der Waals surface area contributed by atoms with E-state index in [4.69, 9.17) is 4.74 Å². The van der Waals surface area contributed by atoms with Crippen LogP contribution in [0.3, 0.4) is 0 Å². The zero-order valence-electron chi connectivity index (χ0n) is 14.0. The molecule has 4 nitrogen and oxygen atoms in total. The normalized spacial score (nSPS) is 10.9. The van der Waals surface area contributed by atoms with Gasteiger partial charge in [0.05, 0.1) is 11.3 Å². The molecule has 0 aliphatic carbocycles. The van der Waals surface area contributed by atoms with E-state index in [1.807, 2.05) is 0 Å². The number of ether oxygens (including phenoxy) is 1. The molecule has 3 aromatic rings. The van der Waals surface area contributed by atoms with Crippen molar-refractivity contribution in [2.75, 3.05) is 5.32 Å². The zero-order chi connectivity index (χ0) is 19.6. The quantitative estimate of drug-likeness (QED) is 0.608. The zero-order valence-corrected chi connectivity index (χ0v) is 14.0. The average molecular weight is 378 g/mol. The van der Waals surface area contributed by atoms with Crippen molar-refractivity contribution in [3.63, 3.8) is 0 Å². The maximum atomic E-state index is 13.6. The summed E-state index contributed by atoms with van der Waals surface area (Å²) in [7, 11) is 1.51. The fourth-order valence-corrected chi connectivity index (χ4v) is 2.59. The Balaban J connectivity index is 1.87. The molecule has 0 fully saturated rings. The predicted molar refractivity (Wildman–Crippen MR) is 91.8 cm³/mol. The third-order valence-corrected chi connectivity index (χ3v) is 3.74.